The largest absolute Gasteiger partial charge is 0.480 e. The van der Waals surface area contributed by atoms with Crippen molar-refractivity contribution in [2.45, 2.75) is 52.0 Å². The molecule has 0 saturated carbocycles. The van der Waals surface area contributed by atoms with Gasteiger partial charge in [-0.15, -0.1) is 0 Å². The van der Waals surface area contributed by atoms with E-state index in [0.29, 0.717) is 32.4 Å². The zero-order chi connectivity index (χ0) is 21.0. The number of aliphatic carboxylic acids is 1. The monoisotopic (exact) mass is 399 g/mol. The molecule has 7 nitrogen and oxygen atoms in total. The van der Waals surface area contributed by atoms with Crippen molar-refractivity contribution < 1.29 is 19.5 Å². The van der Waals surface area contributed by atoms with E-state index in [0.717, 1.165) is 29.3 Å². The van der Waals surface area contributed by atoms with Crippen molar-refractivity contribution in [3.8, 4) is 0 Å². The molecule has 2 aromatic rings. The lowest BCUT2D eigenvalue weighted by Gasteiger charge is -2.28. The van der Waals surface area contributed by atoms with Crippen molar-refractivity contribution in [2.75, 3.05) is 19.6 Å². The van der Waals surface area contributed by atoms with Gasteiger partial charge in [0.15, 0.2) is 0 Å². The minimum Gasteiger partial charge on any atom is -0.480 e. The van der Waals surface area contributed by atoms with Crippen LogP contribution < -0.4 is 0 Å². The number of nitrogens with one attached hydrogen (secondary N) is 1. The molecule has 1 aromatic carbocycles. The summed E-state index contributed by atoms with van der Waals surface area (Å²) in [6.45, 7) is 4.40. The third-order valence-corrected chi connectivity index (χ3v) is 5.81. The van der Waals surface area contributed by atoms with Gasteiger partial charge in [-0.3, -0.25) is 14.4 Å². The van der Waals surface area contributed by atoms with E-state index in [1.165, 1.54) is 17.4 Å². The molecule has 1 unspecified atom stereocenters. The standard InChI is InChI=1S/C22H29N3O4/c1-3-16-6-4-8-19-17(13-23-22(16)19)12-20(27)24-10-5-7-18(9-11-24)25(15(2)26)14-21(28)29/h4,6,8,13,18,23H,3,5,7,9-12,14H2,1-2H3,(H,28,29). The Morgan fingerprint density at radius 1 is 1.21 bits per heavy atom. The van der Waals surface area contributed by atoms with E-state index >= 15 is 0 Å². The fourth-order valence-electron chi connectivity index (χ4n) is 4.27. The Labute approximate surface area is 170 Å². The van der Waals surface area contributed by atoms with Crippen LogP contribution in [0.15, 0.2) is 24.4 Å². The zero-order valence-corrected chi connectivity index (χ0v) is 17.1. The molecule has 2 heterocycles. The number of aromatic amines is 1. The van der Waals surface area contributed by atoms with Gasteiger partial charge in [0, 0.05) is 43.2 Å². The second kappa shape index (κ2) is 9.11. The summed E-state index contributed by atoms with van der Waals surface area (Å²) in [5.41, 5.74) is 3.33. The highest BCUT2D eigenvalue weighted by atomic mass is 16.4. The highest BCUT2D eigenvalue weighted by Crippen LogP contribution is 2.24. The smallest absolute Gasteiger partial charge is 0.323 e. The number of nitrogens with zero attached hydrogens (tertiary/aromatic N) is 2. The Hall–Kier alpha value is -2.83. The highest BCUT2D eigenvalue weighted by Gasteiger charge is 2.27. The average Bonchev–Trinajstić information content (AvgIpc) is 2.94. The molecule has 1 aliphatic heterocycles. The van der Waals surface area contributed by atoms with Gasteiger partial charge in [-0.2, -0.15) is 0 Å². The number of likely N-dealkylation sites (tertiary alicyclic amines) is 1. The van der Waals surface area contributed by atoms with Crippen LogP contribution in [-0.2, 0) is 27.2 Å². The fraction of sp³-hybridized carbons (Fsp3) is 0.500. The molecule has 1 aromatic heterocycles. The molecule has 7 heteroatoms. The van der Waals surface area contributed by atoms with Gasteiger partial charge in [0.05, 0.1) is 6.42 Å². The first-order valence-corrected chi connectivity index (χ1v) is 10.2. The number of carbonyl (C=O) groups excluding carboxylic acids is 2. The van der Waals surface area contributed by atoms with Crippen LogP contribution >= 0.6 is 0 Å². The van der Waals surface area contributed by atoms with Crippen molar-refractivity contribution in [1.29, 1.82) is 0 Å². The van der Waals surface area contributed by atoms with Crippen LogP contribution in [0.2, 0.25) is 0 Å². The number of carbonyl (C=O) groups is 3. The molecule has 0 bridgehead atoms. The van der Waals surface area contributed by atoms with Crippen molar-refractivity contribution >= 4 is 28.7 Å². The number of carboxylic acid groups (broad SMARTS) is 1. The predicted octanol–water partition coefficient (Wildman–Crippen LogP) is 2.59. The molecule has 2 amide bonds. The highest BCUT2D eigenvalue weighted by molar-refractivity contribution is 5.90. The van der Waals surface area contributed by atoms with Gasteiger partial charge in [0.1, 0.15) is 6.54 Å². The number of benzene rings is 1. The second-order valence-corrected chi connectivity index (χ2v) is 7.69. The maximum absolute atomic E-state index is 12.9. The zero-order valence-electron chi connectivity index (χ0n) is 17.1. The van der Waals surface area contributed by atoms with Gasteiger partial charge < -0.3 is 19.9 Å². The number of hydrogen-bond acceptors (Lipinski definition) is 3. The van der Waals surface area contributed by atoms with E-state index in [9.17, 15) is 14.4 Å². The Morgan fingerprint density at radius 2 is 2.00 bits per heavy atom. The molecule has 1 atom stereocenters. The lowest BCUT2D eigenvalue weighted by Crippen LogP contribution is -2.43. The predicted molar refractivity (Wildman–Crippen MR) is 111 cm³/mol. The molecule has 1 aliphatic rings. The first-order chi connectivity index (χ1) is 13.9. The first-order valence-electron chi connectivity index (χ1n) is 10.2. The second-order valence-electron chi connectivity index (χ2n) is 7.69. The molecule has 29 heavy (non-hydrogen) atoms. The molecule has 0 aliphatic carbocycles. The number of rotatable bonds is 6. The maximum Gasteiger partial charge on any atom is 0.323 e. The number of fused-ring (bicyclic) bond motifs is 1. The lowest BCUT2D eigenvalue weighted by atomic mass is 10.1. The Kier molecular flexibility index (Phi) is 6.56. The fourth-order valence-corrected chi connectivity index (χ4v) is 4.27. The van der Waals surface area contributed by atoms with Gasteiger partial charge in [-0.1, -0.05) is 25.1 Å². The van der Waals surface area contributed by atoms with Gasteiger partial charge in [-0.25, -0.2) is 0 Å². The van der Waals surface area contributed by atoms with E-state index in [4.69, 9.17) is 5.11 Å². The molecule has 0 radical (unpaired) electrons. The molecule has 1 fully saturated rings. The number of aromatic nitrogens is 1. The molecular weight excluding hydrogens is 370 g/mol. The van der Waals surface area contributed by atoms with Crippen LogP contribution in [0.4, 0.5) is 0 Å². The molecular formula is C22H29N3O4. The maximum atomic E-state index is 12.9. The van der Waals surface area contributed by atoms with Crippen LogP contribution in [-0.4, -0.2) is 63.4 Å². The SMILES string of the molecule is CCc1cccc2c(CC(=O)N3CCCC(N(CC(=O)O)C(C)=O)CC3)c[nH]c12. The van der Waals surface area contributed by atoms with Crippen molar-refractivity contribution in [1.82, 2.24) is 14.8 Å². The Bertz CT molecular complexity index is 905. The number of hydrogen-bond donors (Lipinski definition) is 2. The van der Waals surface area contributed by atoms with Crippen LogP contribution in [0.3, 0.4) is 0 Å². The molecule has 2 N–H and O–H groups in total. The van der Waals surface area contributed by atoms with Gasteiger partial charge in [-0.05, 0) is 36.8 Å². The lowest BCUT2D eigenvalue weighted by molar-refractivity contribution is -0.145. The normalized spacial score (nSPS) is 17.2. The summed E-state index contributed by atoms with van der Waals surface area (Å²) in [5.74, 6) is -1.17. The number of para-hydroxylation sites is 1. The number of carboxylic acids is 1. The Balaban J connectivity index is 1.67. The number of H-pyrrole nitrogens is 1. The van der Waals surface area contributed by atoms with E-state index in [2.05, 4.69) is 18.0 Å². The summed E-state index contributed by atoms with van der Waals surface area (Å²) in [5, 5.41) is 10.2. The van der Waals surface area contributed by atoms with Crippen molar-refractivity contribution in [2.24, 2.45) is 0 Å². The van der Waals surface area contributed by atoms with Gasteiger partial charge in [0.2, 0.25) is 11.8 Å². The molecule has 3 rings (SSSR count). The van der Waals surface area contributed by atoms with Crippen molar-refractivity contribution in [3.05, 3.63) is 35.5 Å². The molecule has 156 valence electrons. The topological polar surface area (TPSA) is 93.7 Å². The first kappa shape index (κ1) is 20.9. The van der Waals surface area contributed by atoms with Crippen molar-refractivity contribution in [3.63, 3.8) is 0 Å². The van der Waals surface area contributed by atoms with E-state index < -0.39 is 5.97 Å². The third kappa shape index (κ3) is 4.78. The molecule has 0 spiro atoms. The van der Waals surface area contributed by atoms with Crippen LogP contribution in [0.5, 0.6) is 0 Å². The minimum atomic E-state index is -1.01. The van der Waals surface area contributed by atoms with Gasteiger partial charge in [0.25, 0.3) is 0 Å². The van der Waals surface area contributed by atoms with Gasteiger partial charge >= 0.3 is 5.97 Å². The summed E-state index contributed by atoms with van der Waals surface area (Å²) in [7, 11) is 0. The van der Waals surface area contributed by atoms with Crippen LogP contribution in [0, 0.1) is 0 Å². The number of amides is 2. The van der Waals surface area contributed by atoms with E-state index in [1.54, 1.807) is 0 Å². The third-order valence-electron chi connectivity index (χ3n) is 5.81. The Morgan fingerprint density at radius 3 is 2.69 bits per heavy atom. The summed E-state index contributed by atoms with van der Waals surface area (Å²) in [4.78, 5) is 42.5. The van der Waals surface area contributed by atoms with E-state index in [-0.39, 0.29) is 24.4 Å². The minimum absolute atomic E-state index is 0.0704. The average molecular weight is 399 g/mol. The summed E-state index contributed by atoms with van der Waals surface area (Å²) >= 11 is 0. The summed E-state index contributed by atoms with van der Waals surface area (Å²) in [6, 6.07) is 6.03. The summed E-state index contributed by atoms with van der Waals surface area (Å²) < 4.78 is 0. The number of aryl methyl sites for hydroxylation is 1. The van der Waals surface area contributed by atoms with E-state index in [1.807, 2.05) is 23.2 Å². The van der Waals surface area contributed by atoms with Crippen LogP contribution in [0.1, 0.15) is 44.2 Å². The molecule has 1 saturated heterocycles. The quantitative estimate of drug-likeness (QED) is 0.781. The van der Waals surface area contributed by atoms with Crippen LogP contribution in [0.25, 0.3) is 10.9 Å². The summed E-state index contributed by atoms with van der Waals surface area (Å²) in [6.07, 6.45) is 5.27.